The first-order chi connectivity index (χ1) is 12.3. The molecule has 1 aromatic rings. The molecule has 0 spiro atoms. The van der Waals surface area contributed by atoms with Crippen LogP contribution in [0.3, 0.4) is 0 Å². The number of hydrogen-bond donors (Lipinski definition) is 0. The van der Waals surface area contributed by atoms with Crippen LogP contribution in [0.2, 0.25) is 0 Å². The quantitative estimate of drug-likeness (QED) is 0.547. The van der Waals surface area contributed by atoms with E-state index in [0.29, 0.717) is 30.5 Å². The largest absolute Gasteiger partial charge is 0.381 e. The zero-order chi connectivity index (χ0) is 18.9. The van der Waals surface area contributed by atoms with Gasteiger partial charge in [-0.05, 0) is 38.5 Å². The Morgan fingerprint density at radius 2 is 2.08 bits per heavy atom. The van der Waals surface area contributed by atoms with Crippen LogP contribution in [0.1, 0.15) is 52.1 Å². The molecule has 7 nitrogen and oxygen atoms in total. The van der Waals surface area contributed by atoms with E-state index in [1.807, 2.05) is 0 Å². The van der Waals surface area contributed by atoms with Gasteiger partial charge in [-0.2, -0.15) is 0 Å². The number of anilines is 1. The summed E-state index contributed by atoms with van der Waals surface area (Å²) in [4.78, 5) is 30.1. The van der Waals surface area contributed by atoms with E-state index in [4.69, 9.17) is 4.74 Å². The van der Waals surface area contributed by atoms with Crippen molar-refractivity contribution < 1.29 is 14.5 Å². The summed E-state index contributed by atoms with van der Waals surface area (Å²) >= 11 is 0. The summed E-state index contributed by atoms with van der Waals surface area (Å²) in [5, 5.41) is 11.8. The van der Waals surface area contributed by atoms with Gasteiger partial charge in [0.25, 0.3) is 5.69 Å². The van der Waals surface area contributed by atoms with Gasteiger partial charge in [-0.1, -0.05) is 13.8 Å². The Labute approximate surface area is 153 Å². The molecule has 142 valence electrons. The summed E-state index contributed by atoms with van der Waals surface area (Å²) < 4.78 is 5.45. The third-order valence-electron chi connectivity index (χ3n) is 5.48. The highest BCUT2D eigenvalue weighted by molar-refractivity contribution is 5.91. The van der Waals surface area contributed by atoms with Gasteiger partial charge in [-0.15, -0.1) is 0 Å². The first kappa shape index (κ1) is 18.8. The highest BCUT2D eigenvalue weighted by atomic mass is 16.6. The number of carbonyl (C=O) groups is 1. The van der Waals surface area contributed by atoms with Crippen LogP contribution in [-0.4, -0.2) is 41.5 Å². The molecule has 0 bridgehead atoms. The van der Waals surface area contributed by atoms with Gasteiger partial charge < -0.3 is 9.64 Å². The molecule has 3 rings (SSSR count). The van der Waals surface area contributed by atoms with Crippen molar-refractivity contribution in [1.29, 1.82) is 0 Å². The standard InChI is InChI=1S/C19H27N3O4/c1-13(2)12-21(15-4-8-26-9-5-15)17-11-20-18(10-16(17)22(24)25)19(6-7-19)14(3)23/h10-11,13,15H,4-9,12H2,1-3H3. The van der Waals surface area contributed by atoms with E-state index in [-0.39, 0.29) is 22.4 Å². The van der Waals surface area contributed by atoms with Gasteiger partial charge in [0.15, 0.2) is 0 Å². The summed E-state index contributed by atoms with van der Waals surface area (Å²) in [6, 6.07) is 1.73. The van der Waals surface area contributed by atoms with Crippen LogP contribution in [0.25, 0.3) is 0 Å². The van der Waals surface area contributed by atoms with Gasteiger partial charge >= 0.3 is 0 Å². The maximum Gasteiger partial charge on any atom is 0.295 e. The lowest BCUT2D eigenvalue weighted by Gasteiger charge is -2.36. The number of nitrogens with zero attached hydrogens (tertiary/aromatic N) is 3. The van der Waals surface area contributed by atoms with Crippen LogP contribution in [-0.2, 0) is 14.9 Å². The van der Waals surface area contributed by atoms with Gasteiger partial charge in [0.1, 0.15) is 11.5 Å². The summed E-state index contributed by atoms with van der Waals surface area (Å²) in [6.45, 7) is 7.83. The van der Waals surface area contributed by atoms with Crippen LogP contribution in [0.15, 0.2) is 12.3 Å². The maximum atomic E-state index is 12.0. The Hall–Kier alpha value is -2.02. The van der Waals surface area contributed by atoms with Crippen molar-refractivity contribution in [3.8, 4) is 0 Å². The molecule has 0 atom stereocenters. The number of Topliss-reactive ketones (excluding diaryl/α,β-unsaturated/α-hetero) is 1. The van der Waals surface area contributed by atoms with Gasteiger partial charge in [-0.25, -0.2) is 0 Å². The number of hydrogen-bond acceptors (Lipinski definition) is 6. The van der Waals surface area contributed by atoms with Crippen molar-refractivity contribution in [1.82, 2.24) is 4.98 Å². The van der Waals surface area contributed by atoms with Crippen LogP contribution in [0.4, 0.5) is 11.4 Å². The molecule has 0 radical (unpaired) electrons. The van der Waals surface area contributed by atoms with Gasteiger partial charge in [0, 0.05) is 31.9 Å². The molecule has 2 heterocycles. The number of nitro groups is 1. The van der Waals surface area contributed by atoms with E-state index in [2.05, 4.69) is 23.7 Å². The minimum atomic E-state index is -0.606. The maximum absolute atomic E-state index is 12.0. The fourth-order valence-electron chi connectivity index (χ4n) is 3.81. The Balaban J connectivity index is 2.00. The van der Waals surface area contributed by atoms with Gasteiger partial charge in [-0.3, -0.25) is 19.9 Å². The van der Waals surface area contributed by atoms with Crippen molar-refractivity contribution in [3.05, 3.63) is 28.1 Å². The number of pyridine rings is 1. The van der Waals surface area contributed by atoms with Crippen molar-refractivity contribution >= 4 is 17.2 Å². The average molecular weight is 361 g/mol. The summed E-state index contributed by atoms with van der Waals surface area (Å²) in [5.41, 5.74) is 0.537. The first-order valence-corrected chi connectivity index (χ1v) is 9.35. The lowest BCUT2D eigenvalue weighted by molar-refractivity contribution is -0.384. The fourth-order valence-corrected chi connectivity index (χ4v) is 3.81. The van der Waals surface area contributed by atoms with Crippen molar-refractivity contribution in [2.75, 3.05) is 24.7 Å². The monoisotopic (exact) mass is 361 g/mol. The molecule has 2 fully saturated rings. The predicted molar refractivity (Wildman–Crippen MR) is 98.5 cm³/mol. The molecule has 1 saturated carbocycles. The number of carbonyl (C=O) groups excluding carboxylic acids is 1. The molecular weight excluding hydrogens is 334 g/mol. The Kier molecular flexibility index (Phi) is 5.27. The second-order valence-corrected chi connectivity index (χ2v) is 7.84. The number of ether oxygens (including phenoxy) is 1. The molecule has 2 aliphatic rings. The lowest BCUT2D eigenvalue weighted by Crippen LogP contribution is -2.42. The molecular formula is C19H27N3O4. The molecule has 1 saturated heterocycles. The van der Waals surface area contributed by atoms with Crippen molar-refractivity contribution in [3.63, 3.8) is 0 Å². The molecule has 0 unspecified atom stereocenters. The van der Waals surface area contributed by atoms with Crippen LogP contribution in [0, 0.1) is 16.0 Å². The Morgan fingerprint density at radius 3 is 2.58 bits per heavy atom. The second-order valence-electron chi connectivity index (χ2n) is 7.84. The van der Waals surface area contributed by atoms with Crippen molar-refractivity contribution in [2.45, 2.75) is 57.9 Å². The van der Waals surface area contributed by atoms with Crippen LogP contribution >= 0.6 is 0 Å². The molecule has 1 aromatic heterocycles. The summed E-state index contributed by atoms with van der Waals surface area (Å²) in [6.07, 6.45) is 4.75. The fraction of sp³-hybridized carbons (Fsp3) is 0.684. The normalized spacial score (nSPS) is 19.4. The van der Waals surface area contributed by atoms with E-state index < -0.39 is 5.41 Å². The lowest BCUT2D eigenvalue weighted by atomic mass is 9.96. The SMILES string of the molecule is CC(=O)C1(c2cc([N+](=O)[O-])c(N(CC(C)C)C3CCOCC3)cn2)CC1. The predicted octanol–water partition coefficient (Wildman–Crippen LogP) is 3.25. The molecule has 26 heavy (non-hydrogen) atoms. The molecule has 7 heteroatoms. The highest BCUT2D eigenvalue weighted by Crippen LogP contribution is 2.49. The smallest absolute Gasteiger partial charge is 0.295 e. The summed E-state index contributed by atoms with van der Waals surface area (Å²) in [5.74, 6) is 0.402. The van der Waals surface area contributed by atoms with E-state index in [1.165, 1.54) is 6.07 Å². The topological polar surface area (TPSA) is 85.6 Å². The minimum Gasteiger partial charge on any atom is -0.381 e. The van der Waals surface area contributed by atoms with Crippen LogP contribution < -0.4 is 4.90 Å². The molecule has 0 N–H and O–H groups in total. The zero-order valence-electron chi connectivity index (χ0n) is 15.7. The molecule has 0 amide bonds. The van der Waals surface area contributed by atoms with E-state index in [1.54, 1.807) is 13.1 Å². The van der Waals surface area contributed by atoms with Gasteiger partial charge in [0.2, 0.25) is 0 Å². The Morgan fingerprint density at radius 1 is 1.42 bits per heavy atom. The number of rotatable bonds is 7. The van der Waals surface area contributed by atoms with E-state index in [9.17, 15) is 14.9 Å². The second kappa shape index (κ2) is 7.31. The number of aromatic nitrogens is 1. The minimum absolute atomic E-state index is 0.0375. The third-order valence-corrected chi connectivity index (χ3v) is 5.48. The summed E-state index contributed by atoms with van der Waals surface area (Å²) in [7, 11) is 0. The first-order valence-electron chi connectivity index (χ1n) is 9.35. The Bertz CT molecular complexity index is 694. The molecule has 0 aromatic carbocycles. The number of ketones is 1. The van der Waals surface area contributed by atoms with E-state index >= 15 is 0 Å². The third kappa shape index (κ3) is 3.58. The average Bonchev–Trinajstić information content (AvgIpc) is 3.42. The molecule has 1 aliphatic carbocycles. The molecule has 1 aliphatic heterocycles. The van der Waals surface area contributed by atoms with Gasteiger partial charge in [0.05, 0.1) is 22.2 Å². The van der Waals surface area contributed by atoms with E-state index in [0.717, 1.165) is 32.2 Å². The van der Waals surface area contributed by atoms with Crippen LogP contribution in [0.5, 0.6) is 0 Å². The van der Waals surface area contributed by atoms with Crippen molar-refractivity contribution in [2.24, 2.45) is 5.92 Å². The zero-order valence-corrected chi connectivity index (χ0v) is 15.7. The highest BCUT2D eigenvalue weighted by Gasteiger charge is 2.51.